The Morgan fingerprint density at radius 3 is 2.52 bits per heavy atom. The van der Waals surface area contributed by atoms with E-state index in [-0.39, 0.29) is 35.4 Å². The Bertz CT molecular complexity index is 596. The van der Waals surface area contributed by atoms with Crippen LogP contribution in [0.5, 0.6) is 0 Å². The maximum Gasteiger partial charge on any atom is 0.251 e. The molecular formula is C21H37IN4O. The molecule has 1 amide bonds. The summed E-state index contributed by atoms with van der Waals surface area (Å²) in [6, 6.07) is 8.08. The fourth-order valence-electron chi connectivity index (χ4n) is 2.62. The number of benzene rings is 1. The highest BCUT2D eigenvalue weighted by Gasteiger charge is 2.15. The molecule has 0 radical (unpaired) electrons. The summed E-state index contributed by atoms with van der Waals surface area (Å²) in [5.74, 6) is 0.741. The van der Waals surface area contributed by atoms with Gasteiger partial charge in [-0.05, 0) is 51.8 Å². The van der Waals surface area contributed by atoms with Gasteiger partial charge in [0.2, 0.25) is 0 Å². The van der Waals surface area contributed by atoms with Crippen molar-refractivity contribution < 1.29 is 4.79 Å². The highest BCUT2D eigenvalue weighted by molar-refractivity contribution is 14.0. The summed E-state index contributed by atoms with van der Waals surface area (Å²) in [5.41, 5.74) is 1.48. The van der Waals surface area contributed by atoms with E-state index in [0.29, 0.717) is 18.2 Å². The average molecular weight is 488 g/mol. The molecular weight excluding hydrogens is 451 g/mol. The molecule has 0 bridgehead atoms. The molecule has 0 saturated heterocycles. The van der Waals surface area contributed by atoms with E-state index in [1.807, 2.05) is 45.0 Å². The third-order valence-corrected chi connectivity index (χ3v) is 3.99. The van der Waals surface area contributed by atoms with Crippen LogP contribution in [-0.4, -0.2) is 30.5 Å². The zero-order chi connectivity index (χ0) is 19.6. The average Bonchev–Trinajstić information content (AvgIpc) is 2.57. The summed E-state index contributed by atoms with van der Waals surface area (Å²) in [4.78, 5) is 16.6. The Morgan fingerprint density at radius 1 is 1.22 bits per heavy atom. The molecule has 0 saturated carbocycles. The van der Waals surface area contributed by atoms with Crippen LogP contribution in [0.4, 0.5) is 0 Å². The number of hydrogen-bond acceptors (Lipinski definition) is 2. The number of nitrogens with one attached hydrogen (secondary N) is 3. The molecule has 0 aliphatic carbocycles. The normalized spacial score (nSPS) is 12.7. The van der Waals surface area contributed by atoms with Crippen molar-refractivity contribution in [3.63, 3.8) is 0 Å². The molecule has 0 aliphatic heterocycles. The first-order chi connectivity index (χ1) is 12.2. The number of guanidine groups is 1. The van der Waals surface area contributed by atoms with Gasteiger partial charge in [-0.3, -0.25) is 9.79 Å². The zero-order valence-corrected chi connectivity index (χ0v) is 20.0. The van der Waals surface area contributed by atoms with Crippen LogP contribution < -0.4 is 16.0 Å². The third-order valence-electron chi connectivity index (χ3n) is 3.99. The van der Waals surface area contributed by atoms with Gasteiger partial charge in [0.15, 0.2) is 5.96 Å². The largest absolute Gasteiger partial charge is 0.354 e. The zero-order valence-electron chi connectivity index (χ0n) is 17.7. The van der Waals surface area contributed by atoms with E-state index < -0.39 is 0 Å². The lowest BCUT2D eigenvalue weighted by atomic mass is 10.1. The lowest BCUT2D eigenvalue weighted by Gasteiger charge is -2.21. The Kier molecular flexibility index (Phi) is 12.3. The van der Waals surface area contributed by atoms with Crippen LogP contribution in [0.1, 0.15) is 76.2 Å². The number of hydrogen-bond donors (Lipinski definition) is 3. The van der Waals surface area contributed by atoms with Gasteiger partial charge in [0.25, 0.3) is 5.91 Å². The SMILES string of the molecule is CCCCCC(C)NC(=NC)NCc1cccc(C(=O)NC(C)(C)C)c1.I. The summed E-state index contributed by atoms with van der Waals surface area (Å²) in [6.45, 7) is 11.0. The molecule has 0 aromatic heterocycles. The maximum atomic E-state index is 12.3. The minimum atomic E-state index is -0.245. The van der Waals surface area contributed by atoms with Gasteiger partial charge in [-0.2, -0.15) is 0 Å². The first-order valence-electron chi connectivity index (χ1n) is 9.63. The number of halogens is 1. The van der Waals surface area contributed by atoms with E-state index >= 15 is 0 Å². The summed E-state index contributed by atoms with van der Waals surface area (Å²) < 4.78 is 0. The Balaban J connectivity index is 0.00000676. The van der Waals surface area contributed by atoms with E-state index in [2.05, 4.69) is 34.8 Å². The van der Waals surface area contributed by atoms with E-state index in [1.165, 1.54) is 19.3 Å². The van der Waals surface area contributed by atoms with Gasteiger partial charge >= 0.3 is 0 Å². The van der Waals surface area contributed by atoms with Crippen molar-refractivity contribution in [3.8, 4) is 0 Å². The predicted molar refractivity (Wildman–Crippen MR) is 126 cm³/mol. The van der Waals surface area contributed by atoms with Gasteiger partial charge in [0.1, 0.15) is 0 Å². The van der Waals surface area contributed by atoms with Gasteiger partial charge in [0.05, 0.1) is 0 Å². The third kappa shape index (κ3) is 11.2. The molecule has 0 spiro atoms. The molecule has 6 heteroatoms. The highest BCUT2D eigenvalue weighted by atomic mass is 127. The minimum absolute atomic E-state index is 0. The number of rotatable bonds is 8. The molecule has 27 heavy (non-hydrogen) atoms. The van der Waals surface area contributed by atoms with E-state index in [9.17, 15) is 4.79 Å². The molecule has 0 heterocycles. The van der Waals surface area contributed by atoms with Crippen molar-refractivity contribution in [2.45, 2.75) is 78.4 Å². The lowest BCUT2D eigenvalue weighted by molar-refractivity contribution is 0.0919. The van der Waals surface area contributed by atoms with Crippen LogP contribution in [0.3, 0.4) is 0 Å². The molecule has 3 N–H and O–H groups in total. The van der Waals surface area contributed by atoms with Gasteiger partial charge in [-0.25, -0.2) is 0 Å². The van der Waals surface area contributed by atoms with Crippen LogP contribution in [0, 0.1) is 0 Å². The number of nitrogens with zero attached hydrogens (tertiary/aromatic N) is 1. The molecule has 0 fully saturated rings. The monoisotopic (exact) mass is 488 g/mol. The molecule has 1 aromatic carbocycles. The standard InChI is InChI=1S/C21H36N4O.HI/c1-7-8-9-11-16(2)24-20(22-6)23-15-17-12-10-13-18(14-17)19(26)25-21(3,4)5;/h10,12-14,16H,7-9,11,15H2,1-6H3,(H,25,26)(H2,22,23,24);1H. The fraction of sp³-hybridized carbons (Fsp3) is 0.619. The number of amides is 1. The quantitative estimate of drug-likeness (QED) is 0.219. The fourth-order valence-corrected chi connectivity index (χ4v) is 2.62. The van der Waals surface area contributed by atoms with Gasteiger partial charge < -0.3 is 16.0 Å². The Hall–Kier alpha value is -1.31. The summed E-state index contributed by atoms with van der Waals surface area (Å²) in [5, 5.41) is 9.75. The van der Waals surface area contributed by atoms with Crippen molar-refractivity contribution >= 4 is 35.8 Å². The van der Waals surface area contributed by atoms with Gasteiger partial charge in [-0.15, -0.1) is 24.0 Å². The second kappa shape index (κ2) is 13.0. The summed E-state index contributed by atoms with van der Waals surface area (Å²) in [7, 11) is 1.78. The second-order valence-electron chi connectivity index (χ2n) is 7.87. The number of unbranched alkanes of at least 4 members (excludes halogenated alkanes) is 2. The highest BCUT2D eigenvalue weighted by Crippen LogP contribution is 2.08. The Morgan fingerprint density at radius 2 is 1.93 bits per heavy atom. The molecule has 154 valence electrons. The smallest absolute Gasteiger partial charge is 0.251 e. The van der Waals surface area contributed by atoms with Crippen molar-refractivity contribution in [2.24, 2.45) is 4.99 Å². The molecule has 1 atom stereocenters. The topological polar surface area (TPSA) is 65.5 Å². The number of aliphatic imine (C=N–C) groups is 1. The predicted octanol–water partition coefficient (Wildman–Crippen LogP) is 4.47. The number of carbonyl (C=O) groups excluding carboxylic acids is 1. The van der Waals surface area contributed by atoms with Crippen molar-refractivity contribution in [2.75, 3.05) is 7.05 Å². The molecule has 1 aromatic rings. The summed E-state index contributed by atoms with van der Waals surface area (Å²) in [6.07, 6.45) is 4.86. The first-order valence-corrected chi connectivity index (χ1v) is 9.63. The van der Waals surface area contributed by atoms with Crippen LogP contribution >= 0.6 is 24.0 Å². The number of carbonyl (C=O) groups is 1. The van der Waals surface area contributed by atoms with E-state index in [0.717, 1.165) is 17.9 Å². The first kappa shape index (κ1) is 25.7. The minimum Gasteiger partial charge on any atom is -0.354 e. The van der Waals surface area contributed by atoms with E-state index in [1.54, 1.807) is 7.05 Å². The van der Waals surface area contributed by atoms with Crippen LogP contribution in [0.15, 0.2) is 29.3 Å². The lowest BCUT2D eigenvalue weighted by Crippen LogP contribution is -2.42. The van der Waals surface area contributed by atoms with Crippen molar-refractivity contribution in [1.82, 2.24) is 16.0 Å². The molecule has 0 aliphatic rings. The van der Waals surface area contributed by atoms with Crippen LogP contribution in [0.25, 0.3) is 0 Å². The summed E-state index contributed by atoms with van der Waals surface area (Å²) >= 11 is 0. The van der Waals surface area contributed by atoms with Crippen LogP contribution in [-0.2, 0) is 6.54 Å². The second-order valence-corrected chi connectivity index (χ2v) is 7.87. The molecule has 1 rings (SSSR count). The van der Waals surface area contributed by atoms with Crippen molar-refractivity contribution in [1.29, 1.82) is 0 Å². The maximum absolute atomic E-state index is 12.3. The van der Waals surface area contributed by atoms with Crippen molar-refractivity contribution in [3.05, 3.63) is 35.4 Å². The van der Waals surface area contributed by atoms with Gasteiger partial charge in [-0.1, -0.05) is 38.3 Å². The van der Waals surface area contributed by atoms with Gasteiger partial charge in [0, 0.05) is 30.7 Å². The molecule has 5 nitrogen and oxygen atoms in total. The molecule has 1 unspecified atom stereocenters. The van der Waals surface area contributed by atoms with E-state index in [4.69, 9.17) is 0 Å². The Labute approximate surface area is 182 Å². The van der Waals surface area contributed by atoms with Crippen LogP contribution in [0.2, 0.25) is 0 Å².